The summed E-state index contributed by atoms with van der Waals surface area (Å²) >= 11 is 0. The fraction of sp³-hybridized carbons (Fsp3) is 0.875. The van der Waals surface area contributed by atoms with Crippen molar-refractivity contribution < 1.29 is 4.79 Å². The highest BCUT2D eigenvalue weighted by Crippen LogP contribution is 2.01. The number of hydrogen-bond acceptors (Lipinski definition) is 2. The van der Waals surface area contributed by atoms with Gasteiger partial charge < -0.3 is 10.6 Å². The lowest BCUT2D eigenvalue weighted by Gasteiger charge is -2.22. The lowest BCUT2D eigenvalue weighted by Crippen LogP contribution is -2.52. The Balaban J connectivity index is 2.24. The monoisotopic (exact) mass is 156 g/mol. The maximum Gasteiger partial charge on any atom is 0.237 e. The van der Waals surface area contributed by atoms with E-state index in [2.05, 4.69) is 17.6 Å². The molecule has 1 saturated heterocycles. The molecule has 0 unspecified atom stereocenters. The minimum Gasteiger partial charge on any atom is -0.353 e. The first-order valence-corrected chi connectivity index (χ1v) is 4.35. The molecule has 2 N–H and O–H groups in total. The molecule has 3 nitrogen and oxygen atoms in total. The van der Waals surface area contributed by atoms with Crippen LogP contribution in [0.2, 0.25) is 0 Å². The van der Waals surface area contributed by atoms with Crippen molar-refractivity contribution in [1.29, 1.82) is 0 Å². The molecular weight excluding hydrogens is 140 g/mol. The van der Waals surface area contributed by atoms with Gasteiger partial charge in [0.15, 0.2) is 0 Å². The summed E-state index contributed by atoms with van der Waals surface area (Å²) in [5.74, 6) is 0.171. The van der Waals surface area contributed by atoms with Gasteiger partial charge in [-0.25, -0.2) is 0 Å². The number of piperazine rings is 1. The standard InChI is InChI=1S/C8H16N2O/c1-2-3-4-7-8(11)10-6-5-9-7/h7,9H,2-6H2,1H3,(H,10,11)/t7-/m1/s1. The lowest BCUT2D eigenvalue weighted by molar-refractivity contribution is -0.124. The molecule has 1 rings (SSSR count). The number of carbonyl (C=O) groups excluding carboxylic acids is 1. The largest absolute Gasteiger partial charge is 0.353 e. The second kappa shape index (κ2) is 4.34. The number of unbranched alkanes of at least 4 members (excludes halogenated alkanes) is 1. The molecule has 64 valence electrons. The Morgan fingerprint density at radius 2 is 2.36 bits per heavy atom. The van der Waals surface area contributed by atoms with E-state index in [-0.39, 0.29) is 11.9 Å². The van der Waals surface area contributed by atoms with Gasteiger partial charge in [0.1, 0.15) is 0 Å². The molecule has 1 fully saturated rings. The Kier molecular flexibility index (Phi) is 3.36. The van der Waals surface area contributed by atoms with Gasteiger partial charge in [0.05, 0.1) is 6.04 Å². The average Bonchev–Trinajstić information content (AvgIpc) is 2.03. The summed E-state index contributed by atoms with van der Waals surface area (Å²) in [5.41, 5.74) is 0. The number of nitrogens with one attached hydrogen (secondary N) is 2. The van der Waals surface area contributed by atoms with Crippen molar-refractivity contribution in [2.75, 3.05) is 13.1 Å². The Hall–Kier alpha value is -0.570. The summed E-state index contributed by atoms with van der Waals surface area (Å²) in [4.78, 5) is 11.1. The van der Waals surface area contributed by atoms with Crippen LogP contribution in [0, 0.1) is 0 Å². The average molecular weight is 156 g/mol. The summed E-state index contributed by atoms with van der Waals surface area (Å²) < 4.78 is 0. The highest BCUT2D eigenvalue weighted by Gasteiger charge is 2.19. The van der Waals surface area contributed by atoms with Gasteiger partial charge in [-0.1, -0.05) is 19.8 Å². The van der Waals surface area contributed by atoms with Crippen molar-refractivity contribution in [3.8, 4) is 0 Å². The van der Waals surface area contributed by atoms with Crippen LogP contribution in [0.5, 0.6) is 0 Å². The summed E-state index contributed by atoms with van der Waals surface area (Å²) in [6, 6.07) is 0.0729. The van der Waals surface area contributed by atoms with E-state index in [1.54, 1.807) is 0 Å². The van der Waals surface area contributed by atoms with Gasteiger partial charge in [-0.3, -0.25) is 4.79 Å². The summed E-state index contributed by atoms with van der Waals surface area (Å²) in [7, 11) is 0. The SMILES string of the molecule is CCCC[C@H]1NCCNC1=O. The Labute approximate surface area is 67.5 Å². The summed E-state index contributed by atoms with van der Waals surface area (Å²) in [5, 5.41) is 6.03. The van der Waals surface area contributed by atoms with Crippen LogP contribution in [0.25, 0.3) is 0 Å². The Morgan fingerprint density at radius 3 is 3.00 bits per heavy atom. The van der Waals surface area contributed by atoms with Crippen LogP contribution in [-0.4, -0.2) is 25.0 Å². The zero-order valence-corrected chi connectivity index (χ0v) is 7.02. The smallest absolute Gasteiger partial charge is 0.237 e. The molecule has 0 aromatic carbocycles. The van der Waals surface area contributed by atoms with Crippen molar-refractivity contribution in [3.63, 3.8) is 0 Å². The van der Waals surface area contributed by atoms with E-state index in [4.69, 9.17) is 0 Å². The van der Waals surface area contributed by atoms with E-state index in [9.17, 15) is 4.79 Å². The van der Waals surface area contributed by atoms with Gasteiger partial charge in [-0.05, 0) is 6.42 Å². The Bertz CT molecular complexity index is 136. The van der Waals surface area contributed by atoms with Crippen LogP contribution in [0.15, 0.2) is 0 Å². The molecular formula is C8H16N2O. The molecule has 1 heterocycles. The zero-order valence-electron chi connectivity index (χ0n) is 7.02. The van der Waals surface area contributed by atoms with Crippen LogP contribution in [-0.2, 0) is 4.79 Å². The molecule has 1 aliphatic rings. The van der Waals surface area contributed by atoms with Crippen LogP contribution in [0.4, 0.5) is 0 Å². The van der Waals surface area contributed by atoms with Gasteiger partial charge >= 0.3 is 0 Å². The van der Waals surface area contributed by atoms with Gasteiger partial charge in [-0.2, -0.15) is 0 Å². The second-order valence-electron chi connectivity index (χ2n) is 2.94. The summed E-state index contributed by atoms with van der Waals surface area (Å²) in [6.45, 7) is 3.84. The highest BCUT2D eigenvalue weighted by atomic mass is 16.2. The number of carbonyl (C=O) groups is 1. The van der Waals surface area contributed by atoms with Crippen LogP contribution < -0.4 is 10.6 Å². The minimum absolute atomic E-state index is 0.0729. The predicted molar refractivity (Wildman–Crippen MR) is 44.3 cm³/mol. The maximum atomic E-state index is 11.1. The molecule has 0 aliphatic carbocycles. The fourth-order valence-corrected chi connectivity index (χ4v) is 1.29. The number of amides is 1. The van der Waals surface area contributed by atoms with Crippen molar-refractivity contribution >= 4 is 5.91 Å². The van der Waals surface area contributed by atoms with Crippen LogP contribution in [0.1, 0.15) is 26.2 Å². The zero-order chi connectivity index (χ0) is 8.10. The van der Waals surface area contributed by atoms with E-state index in [1.807, 2.05) is 0 Å². The third-order valence-corrected chi connectivity index (χ3v) is 1.98. The maximum absolute atomic E-state index is 11.1. The second-order valence-corrected chi connectivity index (χ2v) is 2.94. The third-order valence-electron chi connectivity index (χ3n) is 1.98. The number of rotatable bonds is 3. The normalized spacial score (nSPS) is 24.8. The molecule has 1 aliphatic heterocycles. The van der Waals surface area contributed by atoms with E-state index >= 15 is 0 Å². The first kappa shape index (κ1) is 8.53. The minimum atomic E-state index is 0.0729. The molecule has 11 heavy (non-hydrogen) atoms. The molecule has 0 aromatic rings. The molecule has 1 atom stereocenters. The molecule has 3 heteroatoms. The molecule has 0 radical (unpaired) electrons. The fourth-order valence-electron chi connectivity index (χ4n) is 1.29. The highest BCUT2D eigenvalue weighted by molar-refractivity contribution is 5.82. The van der Waals surface area contributed by atoms with Gasteiger partial charge in [0, 0.05) is 13.1 Å². The number of hydrogen-bond donors (Lipinski definition) is 2. The molecule has 0 bridgehead atoms. The van der Waals surface area contributed by atoms with Crippen molar-refractivity contribution in [2.24, 2.45) is 0 Å². The first-order valence-electron chi connectivity index (χ1n) is 4.35. The van der Waals surface area contributed by atoms with Crippen molar-refractivity contribution in [3.05, 3.63) is 0 Å². The van der Waals surface area contributed by atoms with E-state index in [0.29, 0.717) is 0 Å². The van der Waals surface area contributed by atoms with E-state index in [0.717, 1.165) is 32.4 Å². The Morgan fingerprint density at radius 1 is 1.55 bits per heavy atom. The molecule has 1 amide bonds. The molecule has 0 spiro atoms. The molecule has 0 saturated carbocycles. The van der Waals surface area contributed by atoms with Gasteiger partial charge in [0.2, 0.25) is 5.91 Å². The predicted octanol–water partition coefficient (Wildman–Crippen LogP) is 0.265. The topological polar surface area (TPSA) is 41.1 Å². The summed E-state index contributed by atoms with van der Waals surface area (Å²) in [6.07, 6.45) is 3.26. The third kappa shape index (κ3) is 2.50. The quantitative estimate of drug-likeness (QED) is 0.615. The first-order chi connectivity index (χ1) is 5.34. The van der Waals surface area contributed by atoms with Crippen LogP contribution >= 0.6 is 0 Å². The van der Waals surface area contributed by atoms with Gasteiger partial charge in [0.25, 0.3) is 0 Å². The molecule has 0 aromatic heterocycles. The van der Waals surface area contributed by atoms with Crippen molar-refractivity contribution in [2.45, 2.75) is 32.2 Å². The van der Waals surface area contributed by atoms with Gasteiger partial charge in [-0.15, -0.1) is 0 Å². The van der Waals surface area contributed by atoms with Crippen molar-refractivity contribution in [1.82, 2.24) is 10.6 Å². The van der Waals surface area contributed by atoms with E-state index in [1.165, 1.54) is 0 Å². The lowest BCUT2D eigenvalue weighted by atomic mass is 10.1. The van der Waals surface area contributed by atoms with E-state index < -0.39 is 0 Å². The van der Waals surface area contributed by atoms with Crippen LogP contribution in [0.3, 0.4) is 0 Å².